The number of hydrogen-bond acceptors (Lipinski definition) is 4. The Morgan fingerprint density at radius 3 is 1.53 bits per heavy atom. The molecule has 0 saturated carbocycles. The summed E-state index contributed by atoms with van der Waals surface area (Å²) in [7, 11) is 0. The maximum absolute atomic E-state index is 9.92. The lowest BCUT2D eigenvalue weighted by Crippen LogP contribution is -2.33. The first kappa shape index (κ1) is 16.2. The van der Waals surface area contributed by atoms with Gasteiger partial charge in [-0.3, -0.25) is 0 Å². The molecule has 104 valence electrons. The summed E-state index contributed by atoms with van der Waals surface area (Å²) in [4.78, 5) is 33.0. The number of H-pyrrole nitrogens is 2. The molecule has 2 rings (SSSR count). The molecule has 9 heteroatoms. The number of carboxylic acid groups (broad SMARTS) is 2. The lowest BCUT2D eigenvalue weighted by molar-refractivity contribution is 0.125. The zero-order chi connectivity index (χ0) is 14.5. The second-order valence-electron chi connectivity index (χ2n) is 2.83. The van der Waals surface area contributed by atoms with Gasteiger partial charge < -0.3 is 20.2 Å². The summed E-state index contributed by atoms with van der Waals surface area (Å²) in [6.07, 6.45) is 7.29. The van der Waals surface area contributed by atoms with Crippen LogP contribution in [0.5, 0.6) is 0 Å². The van der Waals surface area contributed by atoms with E-state index >= 15 is 0 Å². The normalized spacial score (nSPS) is 8.26. The van der Waals surface area contributed by atoms with E-state index in [2.05, 4.69) is 19.9 Å². The van der Waals surface area contributed by atoms with Gasteiger partial charge in [0.15, 0.2) is 0 Å². The smallest absolute Gasteiger partial charge is 0.416 e. The first-order valence-corrected chi connectivity index (χ1v) is 5.18. The zero-order valence-electron chi connectivity index (χ0n) is 10.2. The zero-order valence-corrected chi connectivity index (χ0v) is 10.2. The monoisotopic (exact) mass is 269 g/mol. The standard InChI is InChI=1S/C4H7NO4.2C3H4N2/c1-2-5(3(6)7)4(8)9;2*1-2-5-3-4-1/h2H2,1H3,(H,6,7)(H,8,9);2*1-3H,(H,4,5). The van der Waals surface area contributed by atoms with Gasteiger partial charge in [-0.2, -0.15) is 0 Å². The van der Waals surface area contributed by atoms with Gasteiger partial charge >= 0.3 is 12.2 Å². The third kappa shape index (κ3) is 8.92. The van der Waals surface area contributed by atoms with Crippen molar-refractivity contribution in [3.05, 3.63) is 37.4 Å². The van der Waals surface area contributed by atoms with Crippen molar-refractivity contribution in [1.82, 2.24) is 24.8 Å². The van der Waals surface area contributed by atoms with Crippen LogP contribution < -0.4 is 0 Å². The van der Waals surface area contributed by atoms with Crippen LogP contribution in [0.15, 0.2) is 37.4 Å². The van der Waals surface area contributed by atoms with E-state index in [1.54, 1.807) is 37.4 Å². The fraction of sp³-hybridized carbons (Fsp3) is 0.200. The molecule has 0 saturated heterocycles. The van der Waals surface area contributed by atoms with Crippen LogP contribution in [0.25, 0.3) is 0 Å². The highest BCUT2D eigenvalue weighted by molar-refractivity contribution is 5.85. The highest BCUT2D eigenvalue weighted by Gasteiger charge is 2.15. The van der Waals surface area contributed by atoms with Crippen molar-refractivity contribution in [2.45, 2.75) is 6.92 Å². The SMILES string of the molecule is CCN(C(=O)O)C(=O)O.c1c[nH]cn1.c1c[nH]cn1. The Labute approximate surface area is 108 Å². The van der Waals surface area contributed by atoms with E-state index in [0.717, 1.165) is 0 Å². The van der Waals surface area contributed by atoms with Gasteiger partial charge in [-0.1, -0.05) is 0 Å². The minimum Gasteiger partial charge on any atom is -0.465 e. The second-order valence-corrected chi connectivity index (χ2v) is 2.83. The van der Waals surface area contributed by atoms with Gasteiger partial charge in [-0.15, -0.1) is 0 Å². The van der Waals surface area contributed by atoms with Crippen molar-refractivity contribution in [2.75, 3.05) is 6.54 Å². The van der Waals surface area contributed by atoms with Crippen molar-refractivity contribution in [1.29, 1.82) is 0 Å². The Bertz CT molecular complexity index is 354. The Kier molecular flexibility index (Phi) is 8.78. The van der Waals surface area contributed by atoms with Crippen molar-refractivity contribution in [2.24, 2.45) is 0 Å². The number of amides is 2. The van der Waals surface area contributed by atoms with Crippen LogP contribution in [0.1, 0.15) is 6.92 Å². The van der Waals surface area contributed by atoms with Crippen molar-refractivity contribution >= 4 is 12.2 Å². The highest BCUT2D eigenvalue weighted by atomic mass is 16.4. The Balaban J connectivity index is 0.000000273. The van der Waals surface area contributed by atoms with E-state index in [1.807, 2.05) is 0 Å². The molecule has 0 unspecified atom stereocenters. The van der Waals surface area contributed by atoms with Gasteiger partial charge in [0.25, 0.3) is 0 Å². The molecule has 0 aliphatic rings. The van der Waals surface area contributed by atoms with E-state index in [0.29, 0.717) is 4.90 Å². The van der Waals surface area contributed by atoms with Crippen molar-refractivity contribution in [3.63, 3.8) is 0 Å². The minimum atomic E-state index is -1.44. The molecule has 0 spiro atoms. The number of nitrogens with zero attached hydrogens (tertiary/aromatic N) is 3. The maximum Gasteiger partial charge on any atom is 0.416 e. The average molecular weight is 269 g/mol. The highest BCUT2D eigenvalue weighted by Crippen LogP contribution is 1.87. The molecule has 0 aromatic carbocycles. The second kappa shape index (κ2) is 10.3. The van der Waals surface area contributed by atoms with E-state index in [4.69, 9.17) is 10.2 Å². The first-order chi connectivity index (χ1) is 9.09. The van der Waals surface area contributed by atoms with Crippen LogP contribution in [0.2, 0.25) is 0 Å². The number of imidazole rings is 2. The molecule has 0 radical (unpaired) electrons. The number of aromatic amines is 2. The third-order valence-electron chi connectivity index (χ3n) is 1.59. The number of carbonyl (C=O) groups is 2. The van der Waals surface area contributed by atoms with Crippen molar-refractivity contribution in [3.8, 4) is 0 Å². The van der Waals surface area contributed by atoms with Crippen LogP contribution in [0.3, 0.4) is 0 Å². The molecule has 0 aliphatic heterocycles. The fourth-order valence-electron chi connectivity index (χ4n) is 0.783. The molecular weight excluding hydrogens is 254 g/mol. The summed E-state index contributed by atoms with van der Waals surface area (Å²) in [6, 6.07) is 0. The topological polar surface area (TPSA) is 135 Å². The van der Waals surface area contributed by atoms with Gasteiger partial charge in [0.2, 0.25) is 0 Å². The van der Waals surface area contributed by atoms with Crippen LogP contribution in [0.4, 0.5) is 9.59 Å². The summed E-state index contributed by atoms with van der Waals surface area (Å²) in [5, 5.41) is 16.2. The minimum absolute atomic E-state index is 0.0370. The molecular formula is C10H15N5O4. The molecule has 0 fully saturated rings. The molecule has 2 aromatic rings. The van der Waals surface area contributed by atoms with Crippen molar-refractivity contribution < 1.29 is 19.8 Å². The number of hydrogen-bond donors (Lipinski definition) is 4. The molecule has 0 bridgehead atoms. The van der Waals surface area contributed by atoms with Crippen LogP contribution >= 0.6 is 0 Å². The molecule has 9 nitrogen and oxygen atoms in total. The average Bonchev–Trinajstić information content (AvgIpc) is 3.09. The summed E-state index contributed by atoms with van der Waals surface area (Å²) in [5.41, 5.74) is 0. The fourth-order valence-corrected chi connectivity index (χ4v) is 0.783. The predicted octanol–water partition coefficient (Wildman–Crippen LogP) is 1.48. The van der Waals surface area contributed by atoms with Crippen LogP contribution in [-0.4, -0.2) is 53.8 Å². The van der Waals surface area contributed by atoms with Gasteiger partial charge in [-0.25, -0.2) is 24.5 Å². The summed E-state index contributed by atoms with van der Waals surface area (Å²) in [5.74, 6) is 0. The number of nitrogens with one attached hydrogen (secondary N) is 2. The number of rotatable bonds is 1. The lowest BCUT2D eigenvalue weighted by Gasteiger charge is -2.08. The Morgan fingerprint density at radius 2 is 1.47 bits per heavy atom. The number of aromatic nitrogens is 4. The van der Waals surface area contributed by atoms with Crippen LogP contribution in [-0.2, 0) is 0 Å². The molecule has 0 atom stereocenters. The molecule has 2 heterocycles. The molecule has 2 aromatic heterocycles. The van der Waals surface area contributed by atoms with E-state index in [-0.39, 0.29) is 6.54 Å². The summed E-state index contributed by atoms with van der Waals surface area (Å²) >= 11 is 0. The molecule has 4 N–H and O–H groups in total. The van der Waals surface area contributed by atoms with E-state index < -0.39 is 12.2 Å². The predicted molar refractivity (Wildman–Crippen MR) is 65.6 cm³/mol. The van der Waals surface area contributed by atoms with Crippen LogP contribution in [0, 0.1) is 0 Å². The van der Waals surface area contributed by atoms with E-state index in [1.165, 1.54) is 6.92 Å². The summed E-state index contributed by atoms with van der Waals surface area (Å²) in [6.45, 7) is 1.41. The number of imide groups is 1. The Hall–Kier alpha value is -2.84. The summed E-state index contributed by atoms with van der Waals surface area (Å²) < 4.78 is 0. The first-order valence-electron chi connectivity index (χ1n) is 5.18. The maximum atomic E-state index is 9.92. The molecule has 2 amide bonds. The van der Waals surface area contributed by atoms with Gasteiger partial charge in [0, 0.05) is 31.3 Å². The lowest BCUT2D eigenvalue weighted by atomic mass is 10.6. The third-order valence-corrected chi connectivity index (χ3v) is 1.59. The van der Waals surface area contributed by atoms with Gasteiger partial charge in [-0.05, 0) is 6.92 Å². The molecule has 19 heavy (non-hydrogen) atoms. The quantitative estimate of drug-likeness (QED) is 0.619. The van der Waals surface area contributed by atoms with Gasteiger partial charge in [0.1, 0.15) is 0 Å². The molecule has 0 aliphatic carbocycles. The van der Waals surface area contributed by atoms with Gasteiger partial charge in [0.05, 0.1) is 12.7 Å². The largest absolute Gasteiger partial charge is 0.465 e. The Morgan fingerprint density at radius 1 is 1.05 bits per heavy atom. The van der Waals surface area contributed by atoms with E-state index in [9.17, 15) is 9.59 Å².